The number of anilines is 2. The van der Waals surface area contributed by atoms with E-state index in [1.165, 1.54) is 7.11 Å². The average Bonchev–Trinajstić information content (AvgIpc) is 3.46. The van der Waals surface area contributed by atoms with Gasteiger partial charge in [0, 0.05) is 43.6 Å². The lowest BCUT2D eigenvalue weighted by molar-refractivity contribution is 0.164. The molecule has 0 unspecified atom stereocenters. The van der Waals surface area contributed by atoms with Gasteiger partial charge in [-0.3, -0.25) is 19.1 Å². The van der Waals surface area contributed by atoms with Crippen LogP contribution in [0.2, 0.25) is 0 Å². The number of rotatable bonds is 8. The summed E-state index contributed by atoms with van der Waals surface area (Å²) in [6.07, 6.45) is 1.66. The first-order chi connectivity index (χ1) is 22.0. The molecule has 11 heteroatoms. The third kappa shape index (κ3) is 5.01. The van der Waals surface area contributed by atoms with Crippen molar-refractivity contribution in [3.8, 4) is 34.1 Å². The van der Waals surface area contributed by atoms with Crippen molar-refractivity contribution in [2.75, 3.05) is 44.0 Å². The Morgan fingerprint density at radius 3 is 2.47 bits per heavy atom. The molecule has 11 nitrogen and oxygen atoms in total. The first-order valence-corrected chi connectivity index (χ1v) is 14.7. The number of pyridine rings is 2. The molecule has 1 aliphatic heterocycles. The molecule has 7 rings (SSSR count). The van der Waals surface area contributed by atoms with Gasteiger partial charge in [0.2, 0.25) is 0 Å². The lowest BCUT2D eigenvalue weighted by Gasteiger charge is -2.42. The molecule has 3 N–H and O–H groups in total. The number of piperazine rings is 1. The molecule has 0 bridgehead atoms. The number of nitrogens with two attached hydrogens (primary N) is 1. The molecule has 226 valence electrons. The molecule has 1 aliphatic rings. The van der Waals surface area contributed by atoms with Crippen LogP contribution in [0.1, 0.15) is 5.56 Å². The zero-order chi connectivity index (χ0) is 31.1. The van der Waals surface area contributed by atoms with Gasteiger partial charge in [0.25, 0.3) is 10.9 Å². The molecule has 3 aromatic heterocycles. The fraction of sp³-hybridized carbons (Fsp3) is 0.206. The quantitative estimate of drug-likeness (QED) is 0.250. The number of aliphatic hydroxyl groups is 1. The molecule has 1 fully saturated rings. The number of aliphatic hydroxyl groups excluding tert-OH is 1. The van der Waals surface area contributed by atoms with Crippen molar-refractivity contribution in [2.24, 2.45) is 0 Å². The van der Waals surface area contributed by atoms with Crippen LogP contribution in [-0.2, 0) is 6.54 Å². The van der Waals surface area contributed by atoms with Crippen molar-refractivity contribution in [2.45, 2.75) is 12.6 Å². The Morgan fingerprint density at radius 2 is 1.73 bits per heavy atom. The van der Waals surface area contributed by atoms with Gasteiger partial charge >= 0.3 is 0 Å². The number of fused-ring (bicyclic) bond motifs is 1. The Bertz CT molecular complexity index is 2070. The number of benzene rings is 2. The minimum absolute atomic E-state index is 0.0762. The smallest absolute Gasteiger partial charge is 0.272 e. The van der Waals surface area contributed by atoms with Crippen LogP contribution < -0.4 is 26.2 Å². The van der Waals surface area contributed by atoms with Gasteiger partial charge in [-0.05, 0) is 42.0 Å². The summed E-state index contributed by atoms with van der Waals surface area (Å²) in [6, 6.07) is 25.6. The van der Waals surface area contributed by atoms with Crippen LogP contribution in [0.3, 0.4) is 0 Å². The van der Waals surface area contributed by atoms with Crippen molar-refractivity contribution in [3.05, 3.63) is 111 Å². The SMILES string of the molecule is COc1c(N2CCN(Cc3ccc(-n4c(-c5cccnc5N)nc5ccc(-c6ccccc6)nc54)cc3)C[C@H]2CO)c(=O)c1=O. The van der Waals surface area contributed by atoms with Crippen molar-refractivity contribution in [3.63, 3.8) is 0 Å². The predicted molar refractivity (Wildman–Crippen MR) is 173 cm³/mol. The highest BCUT2D eigenvalue weighted by Crippen LogP contribution is 2.32. The molecule has 0 radical (unpaired) electrons. The summed E-state index contributed by atoms with van der Waals surface area (Å²) in [4.78, 5) is 42.4. The summed E-state index contributed by atoms with van der Waals surface area (Å²) in [7, 11) is 1.38. The van der Waals surface area contributed by atoms with E-state index in [-0.39, 0.29) is 24.1 Å². The van der Waals surface area contributed by atoms with Crippen molar-refractivity contribution in [1.82, 2.24) is 24.4 Å². The molecule has 0 amide bonds. The zero-order valence-electron chi connectivity index (χ0n) is 24.6. The standard InChI is InChI=1S/C34H31N7O4/c1-45-31-28(29(43)30(31)44)40-17-16-39(19-24(40)20-42)18-21-9-11-23(12-10-21)41-33(25-8-5-15-36-32(25)35)38-27-14-13-26(37-34(27)41)22-6-3-2-4-7-22/h2-15,24,42H,16-20H2,1H3,(H2,35,36)/t24-/m0/s1. The molecule has 1 saturated heterocycles. The highest BCUT2D eigenvalue weighted by molar-refractivity contribution is 5.84. The van der Waals surface area contributed by atoms with E-state index in [0.29, 0.717) is 49.0 Å². The fourth-order valence-electron chi connectivity index (χ4n) is 6.09. The number of nitrogens with zero attached hydrogens (tertiary/aromatic N) is 6. The van der Waals surface area contributed by atoms with Gasteiger partial charge in [-0.25, -0.2) is 15.0 Å². The second kappa shape index (κ2) is 11.6. The molecule has 0 saturated carbocycles. The number of hydrogen-bond donors (Lipinski definition) is 2. The maximum atomic E-state index is 12.3. The summed E-state index contributed by atoms with van der Waals surface area (Å²) in [5, 5.41) is 10.1. The lowest BCUT2D eigenvalue weighted by atomic mass is 10.1. The Hall–Kier alpha value is -5.39. The van der Waals surface area contributed by atoms with Crippen LogP contribution in [0.4, 0.5) is 11.5 Å². The maximum Gasteiger partial charge on any atom is 0.272 e. The predicted octanol–water partition coefficient (Wildman–Crippen LogP) is 3.02. The Kier molecular flexibility index (Phi) is 7.32. The van der Waals surface area contributed by atoms with Gasteiger partial charge in [0.05, 0.1) is 31.0 Å². The highest BCUT2D eigenvalue weighted by Gasteiger charge is 2.34. The van der Waals surface area contributed by atoms with E-state index in [4.69, 9.17) is 20.4 Å². The number of hydrogen-bond acceptors (Lipinski definition) is 10. The van der Waals surface area contributed by atoms with Crippen molar-refractivity contribution >= 4 is 22.7 Å². The molecule has 1 atom stereocenters. The third-order valence-electron chi connectivity index (χ3n) is 8.37. The Labute approximate surface area is 258 Å². The van der Waals surface area contributed by atoms with Gasteiger partial charge in [-0.2, -0.15) is 0 Å². The summed E-state index contributed by atoms with van der Waals surface area (Å²) in [6.45, 7) is 2.18. The van der Waals surface area contributed by atoms with Gasteiger partial charge in [0.15, 0.2) is 17.2 Å². The monoisotopic (exact) mass is 601 g/mol. The van der Waals surface area contributed by atoms with Crippen molar-refractivity contribution < 1.29 is 9.84 Å². The van der Waals surface area contributed by atoms with Crippen LogP contribution in [0.25, 0.3) is 39.5 Å². The normalized spacial score (nSPS) is 15.6. The minimum Gasteiger partial charge on any atom is -0.491 e. The summed E-state index contributed by atoms with van der Waals surface area (Å²) in [5.74, 6) is 1.11. The largest absolute Gasteiger partial charge is 0.491 e. The lowest BCUT2D eigenvalue weighted by Crippen LogP contribution is -2.57. The van der Waals surface area contributed by atoms with E-state index in [2.05, 4.69) is 22.0 Å². The summed E-state index contributed by atoms with van der Waals surface area (Å²) < 4.78 is 7.15. The van der Waals surface area contributed by atoms with Crippen LogP contribution in [0.5, 0.6) is 5.75 Å². The van der Waals surface area contributed by atoms with E-state index < -0.39 is 10.9 Å². The van der Waals surface area contributed by atoms with E-state index in [0.717, 1.165) is 28.0 Å². The van der Waals surface area contributed by atoms with E-state index >= 15 is 0 Å². The number of ether oxygens (including phenoxy) is 1. The number of methoxy groups -OCH3 is 1. The summed E-state index contributed by atoms with van der Waals surface area (Å²) >= 11 is 0. The van der Waals surface area contributed by atoms with Crippen LogP contribution >= 0.6 is 0 Å². The number of nitrogen functional groups attached to an aromatic ring is 1. The molecule has 0 aliphatic carbocycles. The van der Waals surface area contributed by atoms with Crippen LogP contribution in [0, 0.1) is 0 Å². The third-order valence-corrected chi connectivity index (χ3v) is 8.37. The number of imidazole rings is 1. The fourth-order valence-corrected chi connectivity index (χ4v) is 6.09. The molecule has 3 aromatic carbocycles. The first kappa shape index (κ1) is 28.4. The average molecular weight is 602 g/mol. The van der Waals surface area contributed by atoms with E-state index in [1.807, 2.05) is 71.3 Å². The number of aromatic nitrogens is 4. The minimum atomic E-state index is -0.613. The molecular formula is C34H31N7O4. The Morgan fingerprint density at radius 1 is 0.933 bits per heavy atom. The molecular weight excluding hydrogens is 570 g/mol. The van der Waals surface area contributed by atoms with Gasteiger partial charge in [-0.1, -0.05) is 42.5 Å². The molecule has 4 heterocycles. The Balaban J connectivity index is 1.19. The summed E-state index contributed by atoms with van der Waals surface area (Å²) in [5.41, 5.74) is 11.4. The molecule has 45 heavy (non-hydrogen) atoms. The highest BCUT2D eigenvalue weighted by atomic mass is 16.5. The van der Waals surface area contributed by atoms with Crippen molar-refractivity contribution in [1.29, 1.82) is 0 Å². The van der Waals surface area contributed by atoms with Crippen LogP contribution in [0.15, 0.2) is 94.6 Å². The second-order valence-electron chi connectivity index (χ2n) is 11.1. The molecule has 0 spiro atoms. The van der Waals surface area contributed by atoms with Gasteiger partial charge < -0.3 is 20.5 Å². The molecule has 6 aromatic rings. The second-order valence-corrected chi connectivity index (χ2v) is 11.1. The van der Waals surface area contributed by atoms with Crippen LogP contribution in [-0.4, -0.2) is 68.9 Å². The maximum absolute atomic E-state index is 12.3. The zero-order valence-corrected chi connectivity index (χ0v) is 24.6. The topological polar surface area (TPSA) is 140 Å². The van der Waals surface area contributed by atoms with E-state index in [1.54, 1.807) is 11.1 Å². The van der Waals surface area contributed by atoms with E-state index in [9.17, 15) is 14.7 Å². The first-order valence-electron chi connectivity index (χ1n) is 14.7. The van der Waals surface area contributed by atoms with Gasteiger partial charge in [0.1, 0.15) is 17.0 Å². The van der Waals surface area contributed by atoms with Gasteiger partial charge in [-0.15, -0.1) is 0 Å².